The van der Waals surface area contributed by atoms with E-state index < -0.39 is 0 Å². The largest absolute Gasteiger partial charge is 0.496 e. The number of aromatic nitrogens is 2. The number of hydrogen-bond acceptors (Lipinski definition) is 6. The van der Waals surface area contributed by atoms with Crippen LogP contribution in [0.1, 0.15) is 49.1 Å². The normalized spacial score (nSPS) is 12.2. The summed E-state index contributed by atoms with van der Waals surface area (Å²) in [6, 6.07) is 20.7. The zero-order valence-corrected chi connectivity index (χ0v) is 22.8. The first kappa shape index (κ1) is 27.0. The lowest BCUT2D eigenvalue weighted by atomic mass is 9.90. The van der Waals surface area contributed by atoms with Crippen LogP contribution in [-0.4, -0.2) is 64.8 Å². The van der Waals surface area contributed by atoms with E-state index in [2.05, 4.69) is 4.98 Å². The highest BCUT2D eigenvalue weighted by Crippen LogP contribution is 2.32. The number of carbonyl (C=O) groups is 3. The van der Waals surface area contributed by atoms with Crippen LogP contribution in [0, 0.1) is 0 Å². The third-order valence-electron chi connectivity index (χ3n) is 7.24. The van der Waals surface area contributed by atoms with Gasteiger partial charge >= 0.3 is 0 Å². The number of aliphatic hydroxyl groups is 1. The molecule has 204 valence electrons. The number of ether oxygens (including phenoxy) is 1. The van der Waals surface area contributed by atoms with E-state index in [1.165, 1.54) is 0 Å². The van der Waals surface area contributed by atoms with Gasteiger partial charge in [-0.2, -0.15) is 0 Å². The van der Waals surface area contributed by atoms with E-state index in [4.69, 9.17) is 4.74 Å². The number of rotatable bonds is 9. The zero-order chi connectivity index (χ0) is 28.4. The molecular weight excluding hydrogens is 506 g/mol. The fourth-order valence-electron chi connectivity index (χ4n) is 5.06. The van der Waals surface area contributed by atoms with Crippen molar-refractivity contribution in [2.24, 2.45) is 0 Å². The van der Waals surface area contributed by atoms with Crippen molar-refractivity contribution in [2.75, 3.05) is 27.8 Å². The molecule has 1 heterocycles. The van der Waals surface area contributed by atoms with E-state index in [-0.39, 0.29) is 36.2 Å². The summed E-state index contributed by atoms with van der Waals surface area (Å²) >= 11 is 0. The van der Waals surface area contributed by atoms with Gasteiger partial charge in [-0.3, -0.25) is 14.4 Å². The predicted octanol–water partition coefficient (Wildman–Crippen LogP) is 3.74. The van der Waals surface area contributed by atoms with Gasteiger partial charge in [-0.05, 0) is 29.2 Å². The third-order valence-corrected chi connectivity index (χ3v) is 7.24. The second-order valence-electron chi connectivity index (χ2n) is 10.0. The number of carbonyl (C=O) groups excluding carboxylic acids is 3. The van der Waals surface area contributed by atoms with Crippen molar-refractivity contribution in [2.45, 2.75) is 25.8 Å². The molecule has 1 aliphatic rings. The Morgan fingerprint density at radius 1 is 0.900 bits per heavy atom. The molecule has 0 bridgehead atoms. The molecule has 4 aromatic rings. The van der Waals surface area contributed by atoms with Gasteiger partial charge in [-0.15, -0.1) is 0 Å². The molecule has 0 aliphatic heterocycles. The van der Waals surface area contributed by atoms with Crippen LogP contribution < -0.4 is 4.74 Å². The molecule has 0 saturated carbocycles. The van der Waals surface area contributed by atoms with Gasteiger partial charge in [0.25, 0.3) is 0 Å². The summed E-state index contributed by atoms with van der Waals surface area (Å²) in [7, 11) is 5.09. The molecule has 1 N–H and O–H groups in total. The molecule has 0 radical (unpaired) electrons. The Labute approximate surface area is 232 Å². The summed E-state index contributed by atoms with van der Waals surface area (Å²) in [6.45, 7) is 0.306. The zero-order valence-electron chi connectivity index (χ0n) is 22.8. The van der Waals surface area contributed by atoms with Crippen molar-refractivity contribution in [3.8, 4) is 16.9 Å². The SMILES string of the molecule is COc1cc(CC(=O)N(C)C)ccc1-c1ccc(CCn2c(CCO)nc3c2C(=O)c2ccccc2C3=O)cc1. The Kier molecular flexibility index (Phi) is 7.62. The molecule has 5 rings (SSSR count). The fourth-order valence-corrected chi connectivity index (χ4v) is 5.06. The minimum absolute atomic E-state index is 0.0238. The number of fused-ring (bicyclic) bond motifs is 2. The number of imidazole rings is 1. The quantitative estimate of drug-likeness (QED) is 0.307. The topological polar surface area (TPSA) is 102 Å². The summed E-state index contributed by atoms with van der Waals surface area (Å²) in [4.78, 5) is 44.6. The number of aliphatic hydroxyl groups excluding tert-OH is 1. The van der Waals surface area contributed by atoms with E-state index in [0.29, 0.717) is 47.8 Å². The average molecular weight is 538 g/mol. The smallest absolute Gasteiger partial charge is 0.226 e. The number of ketones is 2. The van der Waals surface area contributed by atoms with Crippen molar-refractivity contribution in [1.82, 2.24) is 14.5 Å². The van der Waals surface area contributed by atoms with Crippen LogP contribution in [0.5, 0.6) is 5.75 Å². The summed E-state index contributed by atoms with van der Waals surface area (Å²) in [5.74, 6) is 0.754. The van der Waals surface area contributed by atoms with Gasteiger partial charge in [0, 0.05) is 43.8 Å². The van der Waals surface area contributed by atoms with Crippen molar-refractivity contribution in [1.29, 1.82) is 0 Å². The lowest BCUT2D eigenvalue weighted by Gasteiger charge is -2.17. The Balaban J connectivity index is 1.37. The maximum absolute atomic E-state index is 13.4. The van der Waals surface area contributed by atoms with Crippen LogP contribution in [-0.2, 0) is 30.6 Å². The maximum atomic E-state index is 13.4. The molecule has 1 aliphatic carbocycles. The van der Waals surface area contributed by atoms with Crippen LogP contribution in [0.25, 0.3) is 11.1 Å². The molecule has 1 aromatic heterocycles. The summed E-state index contributed by atoms with van der Waals surface area (Å²) in [5, 5.41) is 9.61. The molecule has 8 heteroatoms. The Bertz CT molecular complexity index is 1600. The molecule has 1 amide bonds. The summed E-state index contributed by atoms with van der Waals surface area (Å²) in [6.07, 6.45) is 1.16. The van der Waals surface area contributed by atoms with E-state index in [1.807, 2.05) is 42.5 Å². The molecule has 0 fully saturated rings. The van der Waals surface area contributed by atoms with Crippen molar-refractivity contribution in [3.63, 3.8) is 0 Å². The number of aryl methyl sites for hydroxylation is 1. The van der Waals surface area contributed by atoms with Crippen LogP contribution in [0.2, 0.25) is 0 Å². The molecule has 0 saturated heterocycles. The van der Waals surface area contributed by atoms with Gasteiger partial charge in [0.15, 0.2) is 0 Å². The predicted molar refractivity (Wildman–Crippen MR) is 151 cm³/mol. The lowest BCUT2D eigenvalue weighted by molar-refractivity contribution is -0.127. The second-order valence-corrected chi connectivity index (χ2v) is 10.0. The number of amides is 1. The molecule has 3 aromatic carbocycles. The summed E-state index contributed by atoms with van der Waals surface area (Å²) < 4.78 is 7.41. The van der Waals surface area contributed by atoms with E-state index >= 15 is 0 Å². The highest BCUT2D eigenvalue weighted by Gasteiger charge is 2.35. The Morgan fingerprint density at radius 3 is 2.23 bits per heavy atom. The first-order valence-corrected chi connectivity index (χ1v) is 13.2. The van der Waals surface area contributed by atoms with Crippen molar-refractivity contribution in [3.05, 3.63) is 106 Å². The minimum atomic E-state index is -0.265. The van der Waals surface area contributed by atoms with Crippen LogP contribution in [0.15, 0.2) is 66.7 Å². The highest BCUT2D eigenvalue weighted by atomic mass is 16.5. The Hall–Kier alpha value is -4.56. The van der Waals surface area contributed by atoms with Gasteiger partial charge in [0.1, 0.15) is 23.0 Å². The highest BCUT2D eigenvalue weighted by molar-refractivity contribution is 6.27. The third kappa shape index (κ3) is 5.05. The number of methoxy groups -OCH3 is 1. The summed E-state index contributed by atoms with van der Waals surface area (Å²) in [5.41, 5.74) is 5.02. The molecule has 40 heavy (non-hydrogen) atoms. The van der Waals surface area contributed by atoms with E-state index in [9.17, 15) is 19.5 Å². The first-order chi connectivity index (χ1) is 19.3. The number of likely N-dealkylation sites (N-methyl/N-ethyl adjacent to an activating group) is 1. The van der Waals surface area contributed by atoms with Crippen molar-refractivity contribution >= 4 is 17.5 Å². The monoisotopic (exact) mass is 537 g/mol. The van der Waals surface area contributed by atoms with E-state index in [0.717, 1.165) is 22.3 Å². The van der Waals surface area contributed by atoms with Crippen molar-refractivity contribution < 1.29 is 24.2 Å². The molecule has 0 atom stereocenters. The maximum Gasteiger partial charge on any atom is 0.226 e. The molecule has 0 unspecified atom stereocenters. The molecule has 0 spiro atoms. The fraction of sp³-hybridized carbons (Fsp3) is 0.250. The van der Waals surface area contributed by atoms with Gasteiger partial charge < -0.3 is 19.3 Å². The van der Waals surface area contributed by atoms with Crippen LogP contribution >= 0.6 is 0 Å². The minimum Gasteiger partial charge on any atom is -0.496 e. The van der Waals surface area contributed by atoms with Crippen LogP contribution in [0.4, 0.5) is 0 Å². The van der Waals surface area contributed by atoms with Gasteiger partial charge in [0.2, 0.25) is 17.5 Å². The standard InChI is InChI=1S/C32H31N3O5/c1-34(2)28(37)19-21-10-13-23(26(18-21)40-3)22-11-8-20(9-12-22)14-16-35-27(15-17-36)33-29-30(35)32(39)25-7-5-4-6-24(25)31(29)38/h4-13,18,36H,14-17,19H2,1-3H3. The van der Waals surface area contributed by atoms with Gasteiger partial charge in [-0.1, -0.05) is 60.7 Å². The second kappa shape index (κ2) is 11.3. The van der Waals surface area contributed by atoms with Gasteiger partial charge in [0.05, 0.1) is 20.1 Å². The lowest BCUT2D eigenvalue weighted by Crippen LogP contribution is -2.24. The number of benzene rings is 3. The Morgan fingerprint density at radius 2 is 1.57 bits per heavy atom. The molecular formula is C32H31N3O5. The first-order valence-electron chi connectivity index (χ1n) is 13.2. The molecule has 8 nitrogen and oxygen atoms in total. The van der Waals surface area contributed by atoms with E-state index in [1.54, 1.807) is 54.9 Å². The number of nitrogens with zero attached hydrogens (tertiary/aromatic N) is 3. The van der Waals surface area contributed by atoms with Gasteiger partial charge in [-0.25, -0.2) is 4.98 Å². The van der Waals surface area contributed by atoms with Crippen LogP contribution in [0.3, 0.4) is 0 Å². The average Bonchev–Trinajstić information content (AvgIpc) is 3.33. The number of hydrogen-bond donors (Lipinski definition) is 1.